The Morgan fingerprint density at radius 2 is 2.05 bits per heavy atom. The first kappa shape index (κ1) is 16.0. The summed E-state index contributed by atoms with van der Waals surface area (Å²) in [5.74, 6) is 0.152. The second-order valence-corrected chi connectivity index (χ2v) is 6.02. The first-order valence-corrected chi connectivity index (χ1v) is 7.88. The van der Waals surface area contributed by atoms with E-state index in [4.69, 9.17) is 0 Å². The molecule has 1 saturated heterocycles. The number of rotatable bonds is 6. The lowest BCUT2D eigenvalue weighted by Gasteiger charge is -2.37. The third-order valence-corrected chi connectivity index (χ3v) is 4.12. The number of hydrogen-bond acceptors (Lipinski definition) is 3. The first-order valence-electron chi connectivity index (χ1n) is 7.88. The minimum absolute atomic E-state index is 0.152. The molecule has 1 unspecified atom stereocenters. The minimum Gasteiger partial charge on any atom is -0.355 e. The lowest BCUT2D eigenvalue weighted by atomic mass is 10.1. The zero-order valence-corrected chi connectivity index (χ0v) is 13.2. The van der Waals surface area contributed by atoms with E-state index in [2.05, 4.69) is 53.4 Å². The van der Waals surface area contributed by atoms with Crippen LogP contribution in [0.2, 0.25) is 0 Å². The fourth-order valence-electron chi connectivity index (χ4n) is 2.82. The number of hydrogen-bond donors (Lipinski definition) is 1. The maximum Gasteiger partial charge on any atom is 0.234 e. The summed E-state index contributed by atoms with van der Waals surface area (Å²) < 4.78 is 0. The van der Waals surface area contributed by atoms with Gasteiger partial charge < -0.3 is 10.2 Å². The molecule has 1 aliphatic heterocycles. The van der Waals surface area contributed by atoms with Crippen molar-refractivity contribution in [3.8, 4) is 0 Å². The van der Waals surface area contributed by atoms with Crippen LogP contribution in [0.5, 0.6) is 0 Å². The molecule has 1 aliphatic rings. The standard InChI is InChI=1S/C17H27N3O/c1-15-13-19(2)11-12-20(15)14-17(21)18-10-6-9-16-7-4-3-5-8-16/h3-5,7-8,15H,6,9-14H2,1-2H3,(H,18,21). The molecule has 1 aromatic rings. The molecule has 0 bridgehead atoms. The van der Waals surface area contributed by atoms with Gasteiger partial charge in [0.05, 0.1) is 6.54 Å². The van der Waals surface area contributed by atoms with E-state index in [0.717, 1.165) is 39.0 Å². The molecule has 0 saturated carbocycles. The molecule has 1 amide bonds. The van der Waals surface area contributed by atoms with Crippen LogP contribution >= 0.6 is 0 Å². The van der Waals surface area contributed by atoms with Gasteiger partial charge in [-0.05, 0) is 32.4 Å². The Morgan fingerprint density at radius 1 is 1.29 bits per heavy atom. The molecule has 1 heterocycles. The van der Waals surface area contributed by atoms with Crippen molar-refractivity contribution in [1.29, 1.82) is 0 Å². The van der Waals surface area contributed by atoms with Gasteiger partial charge in [-0.25, -0.2) is 0 Å². The van der Waals surface area contributed by atoms with Crippen LogP contribution in [-0.4, -0.2) is 61.5 Å². The number of carbonyl (C=O) groups excluding carboxylic acids is 1. The fourth-order valence-corrected chi connectivity index (χ4v) is 2.82. The number of nitrogens with zero attached hydrogens (tertiary/aromatic N) is 2. The molecule has 1 N–H and O–H groups in total. The van der Waals surface area contributed by atoms with E-state index in [-0.39, 0.29) is 5.91 Å². The maximum atomic E-state index is 12.0. The number of benzene rings is 1. The molecule has 0 radical (unpaired) electrons. The number of piperazine rings is 1. The van der Waals surface area contributed by atoms with Crippen molar-refractivity contribution < 1.29 is 4.79 Å². The SMILES string of the molecule is CC1CN(C)CCN1CC(=O)NCCCc1ccccc1. The van der Waals surface area contributed by atoms with Gasteiger partial charge in [-0.1, -0.05) is 30.3 Å². The van der Waals surface area contributed by atoms with Crippen molar-refractivity contribution in [2.75, 3.05) is 39.8 Å². The van der Waals surface area contributed by atoms with Crippen molar-refractivity contribution >= 4 is 5.91 Å². The van der Waals surface area contributed by atoms with E-state index in [1.54, 1.807) is 0 Å². The molecule has 2 rings (SSSR count). The number of amides is 1. The van der Waals surface area contributed by atoms with Crippen LogP contribution in [0.15, 0.2) is 30.3 Å². The fraction of sp³-hybridized carbons (Fsp3) is 0.588. The lowest BCUT2D eigenvalue weighted by Crippen LogP contribution is -2.53. The summed E-state index contributed by atoms with van der Waals surface area (Å²) in [6, 6.07) is 10.9. The van der Waals surface area contributed by atoms with Gasteiger partial charge >= 0.3 is 0 Å². The number of likely N-dealkylation sites (N-methyl/N-ethyl adjacent to an activating group) is 1. The summed E-state index contributed by atoms with van der Waals surface area (Å²) in [5, 5.41) is 3.04. The molecular formula is C17H27N3O. The zero-order chi connectivity index (χ0) is 15.1. The van der Waals surface area contributed by atoms with Crippen LogP contribution in [0.3, 0.4) is 0 Å². The third-order valence-electron chi connectivity index (χ3n) is 4.12. The highest BCUT2D eigenvalue weighted by Crippen LogP contribution is 2.07. The predicted molar refractivity (Wildman–Crippen MR) is 86.3 cm³/mol. The second-order valence-electron chi connectivity index (χ2n) is 6.02. The van der Waals surface area contributed by atoms with Gasteiger partial charge in [0.1, 0.15) is 0 Å². The monoisotopic (exact) mass is 289 g/mol. The van der Waals surface area contributed by atoms with Gasteiger partial charge in [0, 0.05) is 32.2 Å². The van der Waals surface area contributed by atoms with E-state index >= 15 is 0 Å². The molecule has 21 heavy (non-hydrogen) atoms. The van der Waals surface area contributed by atoms with Crippen LogP contribution in [0.25, 0.3) is 0 Å². The van der Waals surface area contributed by atoms with Gasteiger partial charge in [0.25, 0.3) is 0 Å². The lowest BCUT2D eigenvalue weighted by molar-refractivity contribution is -0.123. The quantitative estimate of drug-likeness (QED) is 0.804. The summed E-state index contributed by atoms with van der Waals surface area (Å²) in [6.07, 6.45) is 2.01. The maximum absolute atomic E-state index is 12.0. The van der Waals surface area contributed by atoms with E-state index in [0.29, 0.717) is 12.6 Å². The smallest absolute Gasteiger partial charge is 0.234 e. The Morgan fingerprint density at radius 3 is 2.76 bits per heavy atom. The highest BCUT2D eigenvalue weighted by atomic mass is 16.2. The van der Waals surface area contributed by atoms with Gasteiger partial charge in [0.2, 0.25) is 5.91 Å². The Kier molecular flexibility index (Phi) is 6.21. The van der Waals surface area contributed by atoms with Crippen LogP contribution in [0.1, 0.15) is 18.9 Å². The van der Waals surface area contributed by atoms with Gasteiger partial charge in [-0.15, -0.1) is 0 Å². The normalized spacial score (nSPS) is 20.4. The number of carbonyl (C=O) groups is 1. The molecule has 1 fully saturated rings. The van der Waals surface area contributed by atoms with Crippen molar-refractivity contribution in [1.82, 2.24) is 15.1 Å². The van der Waals surface area contributed by atoms with E-state index in [1.807, 2.05) is 6.07 Å². The van der Waals surface area contributed by atoms with Crippen LogP contribution < -0.4 is 5.32 Å². The molecule has 116 valence electrons. The zero-order valence-electron chi connectivity index (χ0n) is 13.2. The van der Waals surface area contributed by atoms with Crippen molar-refractivity contribution in [3.05, 3.63) is 35.9 Å². The molecule has 4 heteroatoms. The van der Waals surface area contributed by atoms with Crippen LogP contribution in [0.4, 0.5) is 0 Å². The van der Waals surface area contributed by atoms with E-state index in [9.17, 15) is 4.79 Å². The molecule has 4 nitrogen and oxygen atoms in total. The average Bonchev–Trinajstić information content (AvgIpc) is 2.48. The Bertz CT molecular complexity index is 435. The Labute approximate surface area is 128 Å². The molecule has 0 aromatic heterocycles. The second kappa shape index (κ2) is 8.15. The van der Waals surface area contributed by atoms with Gasteiger partial charge in [0.15, 0.2) is 0 Å². The molecule has 0 aliphatic carbocycles. The Hall–Kier alpha value is -1.39. The summed E-state index contributed by atoms with van der Waals surface area (Å²) in [5.41, 5.74) is 1.33. The summed E-state index contributed by atoms with van der Waals surface area (Å²) in [6.45, 7) is 6.55. The van der Waals surface area contributed by atoms with E-state index < -0.39 is 0 Å². The molecular weight excluding hydrogens is 262 g/mol. The van der Waals surface area contributed by atoms with E-state index in [1.165, 1.54) is 5.56 Å². The van der Waals surface area contributed by atoms with Crippen molar-refractivity contribution in [2.45, 2.75) is 25.8 Å². The summed E-state index contributed by atoms with van der Waals surface area (Å²) in [4.78, 5) is 16.6. The topological polar surface area (TPSA) is 35.6 Å². The minimum atomic E-state index is 0.152. The highest BCUT2D eigenvalue weighted by molar-refractivity contribution is 5.78. The number of nitrogens with one attached hydrogen (secondary N) is 1. The van der Waals surface area contributed by atoms with Crippen LogP contribution in [0, 0.1) is 0 Å². The predicted octanol–water partition coefficient (Wildman–Crippen LogP) is 1.37. The molecule has 0 spiro atoms. The molecule has 1 atom stereocenters. The highest BCUT2D eigenvalue weighted by Gasteiger charge is 2.22. The van der Waals surface area contributed by atoms with Gasteiger partial charge in [-0.2, -0.15) is 0 Å². The number of aryl methyl sites for hydroxylation is 1. The summed E-state index contributed by atoms with van der Waals surface area (Å²) in [7, 11) is 2.14. The largest absolute Gasteiger partial charge is 0.355 e. The van der Waals surface area contributed by atoms with Gasteiger partial charge in [-0.3, -0.25) is 9.69 Å². The summed E-state index contributed by atoms with van der Waals surface area (Å²) >= 11 is 0. The average molecular weight is 289 g/mol. The first-order chi connectivity index (χ1) is 10.1. The third kappa shape index (κ3) is 5.48. The molecule has 1 aromatic carbocycles. The van der Waals surface area contributed by atoms with Crippen molar-refractivity contribution in [2.24, 2.45) is 0 Å². The van der Waals surface area contributed by atoms with Crippen LogP contribution in [-0.2, 0) is 11.2 Å². The Balaban J connectivity index is 1.61. The van der Waals surface area contributed by atoms with Crippen molar-refractivity contribution in [3.63, 3.8) is 0 Å².